The fraction of sp³-hybridized carbons (Fsp3) is 0.533. The number of rotatable bonds is 7. The normalized spacial score (nSPS) is 17.0. The Bertz CT molecular complexity index is 467. The Labute approximate surface area is 123 Å². The molecule has 1 atom stereocenters. The fourth-order valence-electron chi connectivity index (χ4n) is 2.38. The van der Waals surface area contributed by atoms with Crippen molar-refractivity contribution >= 4 is 17.7 Å². The summed E-state index contributed by atoms with van der Waals surface area (Å²) in [5, 5.41) is 3.05. The minimum absolute atomic E-state index is 0.0135. The van der Waals surface area contributed by atoms with Crippen molar-refractivity contribution in [1.82, 2.24) is 5.32 Å². The third kappa shape index (κ3) is 3.96. The number of fused-ring (bicyclic) bond motifs is 1. The summed E-state index contributed by atoms with van der Waals surface area (Å²) < 4.78 is 18.8. The van der Waals surface area contributed by atoms with E-state index in [2.05, 4.69) is 5.32 Å². The van der Waals surface area contributed by atoms with Crippen molar-refractivity contribution in [2.24, 2.45) is 0 Å². The van der Waals surface area contributed by atoms with Crippen molar-refractivity contribution in [3.05, 3.63) is 35.1 Å². The van der Waals surface area contributed by atoms with Gasteiger partial charge >= 0.3 is 0 Å². The standard InChI is InChI=1S/C15H20FNO2S/c1-2-19-9-8-17-15(18)10-20-14-7-6-11-12(14)4-3-5-13(11)16/h3-5,14H,2,6-10H2,1H3,(H,17,18). The molecule has 0 saturated heterocycles. The zero-order chi connectivity index (χ0) is 14.4. The third-order valence-electron chi connectivity index (χ3n) is 3.35. The molecule has 1 unspecified atom stereocenters. The minimum atomic E-state index is -0.119. The Morgan fingerprint density at radius 1 is 1.55 bits per heavy atom. The van der Waals surface area contributed by atoms with Crippen LogP contribution in [-0.4, -0.2) is 31.4 Å². The number of nitrogens with one attached hydrogen (secondary N) is 1. The maximum Gasteiger partial charge on any atom is 0.230 e. The van der Waals surface area contributed by atoms with Gasteiger partial charge in [0, 0.05) is 18.4 Å². The van der Waals surface area contributed by atoms with E-state index in [0.29, 0.717) is 25.5 Å². The SMILES string of the molecule is CCOCCNC(=O)CSC1CCc2c(F)cccc21. The van der Waals surface area contributed by atoms with Crippen LogP contribution in [-0.2, 0) is 16.0 Å². The van der Waals surface area contributed by atoms with E-state index in [1.807, 2.05) is 13.0 Å². The lowest BCUT2D eigenvalue weighted by atomic mass is 10.1. The van der Waals surface area contributed by atoms with E-state index in [0.717, 1.165) is 24.0 Å². The maximum atomic E-state index is 13.6. The molecule has 20 heavy (non-hydrogen) atoms. The van der Waals surface area contributed by atoms with Crippen LogP contribution in [0.1, 0.15) is 29.7 Å². The Kier molecular flexibility index (Phi) is 5.86. The molecule has 0 heterocycles. The van der Waals surface area contributed by atoms with Crippen molar-refractivity contribution in [3.63, 3.8) is 0 Å². The second-order valence-corrected chi connectivity index (χ2v) is 5.88. The van der Waals surface area contributed by atoms with E-state index in [-0.39, 0.29) is 17.0 Å². The summed E-state index contributed by atoms with van der Waals surface area (Å²) in [5.41, 5.74) is 1.87. The van der Waals surface area contributed by atoms with Gasteiger partial charge in [0.05, 0.1) is 12.4 Å². The van der Waals surface area contributed by atoms with Gasteiger partial charge in [0.15, 0.2) is 0 Å². The topological polar surface area (TPSA) is 38.3 Å². The molecule has 0 bridgehead atoms. The predicted molar refractivity (Wildman–Crippen MR) is 79.4 cm³/mol. The summed E-state index contributed by atoms with van der Waals surface area (Å²) >= 11 is 1.59. The molecule has 2 rings (SSSR count). The molecule has 1 N–H and O–H groups in total. The van der Waals surface area contributed by atoms with Crippen LogP contribution in [0.4, 0.5) is 4.39 Å². The summed E-state index contributed by atoms with van der Waals surface area (Å²) in [6.07, 6.45) is 1.68. The first-order chi connectivity index (χ1) is 9.72. The number of carbonyl (C=O) groups is 1. The molecular formula is C15H20FNO2S. The summed E-state index contributed by atoms with van der Waals surface area (Å²) in [5.74, 6) is 0.304. The largest absolute Gasteiger partial charge is 0.380 e. The van der Waals surface area contributed by atoms with Gasteiger partial charge in [-0.05, 0) is 37.0 Å². The lowest BCUT2D eigenvalue weighted by molar-refractivity contribution is -0.118. The Morgan fingerprint density at radius 2 is 2.40 bits per heavy atom. The average molecular weight is 297 g/mol. The van der Waals surface area contributed by atoms with E-state index in [4.69, 9.17) is 4.74 Å². The van der Waals surface area contributed by atoms with Crippen LogP contribution in [0.3, 0.4) is 0 Å². The first-order valence-electron chi connectivity index (χ1n) is 6.95. The Hall–Kier alpha value is -1.07. The zero-order valence-electron chi connectivity index (χ0n) is 11.7. The van der Waals surface area contributed by atoms with E-state index >= 15 is 0 Å². The zero-order valence-corrected chi connectivity index (χ0v) is 12.5. The molecule has 1 aromatic rings. The van der Waals surface area contributed by atoms with Crippen molar-refractivity contribution in [3.8, 4) is 0 Å². The minimum Gasteiger partial charge on any atom is -0.380 e. The Balaban J connectivity index is 1.76. The van der Waals surface area contributed by atoms with E-state index in [9.17, 15) is 9.18 Å². The fourth-order valence-corrected chi connectivity index (χ4v) is 3.52. The van der Waals surface area contributed by atoms with Crippen LogP contribution in [0.5, 0.6) is 0 Å². The smallest absolute Gasteiger partial charge is 0.230 e. The summed E-state index contributed by atoms with van der Waals surface area (Å²) in [4.78, 5) is 11.7. The van der Waals surface area contributed by atoms with E-state index in [1.54, 1.807) is 17.8 Å². The van der Waals surface area contributed by atoms with Gasteiger partial charge in [-0.3, -0.25) is 4.79 Å². The van der Waals surface area contributed by atoms with Crippen LogP contribution >= 0.6 is 11.8 Å². The molecule has 1 aromatic carbocycles. The molecule has 1 aliphatic rings. The predicted octanol–water partition coefficient (Wildman–Crippen LogP) is 2.70. The number of halogens is 1. The van der Waals surface area contributed by atoms with E-state index in [1.165, 1.54) is 6.07 Å². The number of ether oxygens (including phenoxy) is 1. The number of carbonyl (C=O) groups excluding carboxylic acids is 1. The molecule has 0 aliphatic heterocycles. The molecule has 5 heteroatoms. The summed E-state index contributed by atoms with van der Waals surface area (Å²) in [7, 11) is 0. The highest BCUT2D eigenvalue weighted by Gasteiger charge is 2.25. The van der Waals surface area contributed by atoms with Crippen LogP contribution in [0.2, 0.25) is 0 Å². The van der Waals surface area contributed by atoms with Gasteiger partial charge in [-0.15, -0.1) is 11.8 Å². The van der Waals surface area contributed by atoms with Gasteiger partial charge in [0.25, 0.3) is 0 Å². The first-order valence-corrected chi connectivity index (χ1v) is 8.00. The first kappa shape index (κ1) is 15.3. The molecular weight excluding hydrogens is 277 g/mol. The molecule has 0 radical (unpaired) electrons. The second-order valence-electron chi connectivity index (χ2n) is 4.69. The van der Waals surface area contributed by atoms with E-state index < -0.39 is 0 Å². The van der Waals surface area contributed by atoms with Crippen molar-refractivity contribution in [1.29, 1.82) is 0 Å². The summed E-state index contributed by atoms with van der Waals surface area (Å²) in [6.45, 7) is 3.68. The molecule has 0 aromatic heterocycles. The van der Waals surface area contributed by atoms with Gasteiger partial charge < -0.3 is 10.1 Å². The van der Waals surface area contributed by atoms with Gasteiger partial charge in [0.1, 0.15) is 5.82 Å². The highest BCUT2D eigenvalue weighted by atomic mass is 32.2. The van der Waals surface area contributed by atoms with Gasteiger partial charge in [-0.1, -0.05) is 12.1 Å². The van der Waals surface area contributed by atoms with Gasteiger partial charge in [-0.25, -0.2) is 4.39 Å². The second kappa shape index (κ2) is 7.64. The lowest BCUT2D eigenvalue weighted by Crippen LogP contribution is -2.28. The molecule has 110 valence electrons. The molecule has 0 saturated carbocycles. The molecule has 3 nitrogen and oxygen atoms in total. The molecule has 1 aliphatic carbocycles. The highest BCUT2D eigenvalue weighted by Crippen LogP contribution is 2.41. The quantitative estimate of drug-likeness (QED) is 0.786. The van der Waals surface area contributed by atoms with Gasteiger partial charge in [-0.2, -0.15) is 0 Å². The number of amides is 1. The number of benzene rings is 1. The van der Waals surface area contributed by atoms with Crippen LogP contribution < -0.4 is 5.32 Å². The third-order valence-corrected chi connectivity index (χ3v) is 4.67. The van der Waals surface area contributed by atoms with Crippen LogP contribution in [0.25, 0.3) is 0 Å². The lowest BCUT2D eigenvalue weighted by Gasteiger charge is -2.11. The van der Waals surface area contributed by atoms with Crippen molar-refractivity contribution in [2.75, 3.05) is 25.5 Å². The van der Waals surface area contributed by atoms with Crippen molar-refractivity contribution < 1.29 is 13.9 Å². The molecule has 0 fully saturated rings. The number of hydrogen-bond acceptors (Lipinski definition) is 3. The van der Waals surface area contributed by atoms with Crippen molar-refractivity contribution in [2.45, 2.75) is 25.0 Å². The summed E-state index contributed by atoms with van der Waals surface area (Å²) in [6, 6.07) is 5.22. The molecule has 0 spiro atoms. The maximum absolute atomic E-state index is 13.6. The number of hydrogen-bond donors (Lipinski definition) is 1. The van der Waals surface area contributed by atoms with Gasteiger partial charge in [0.2, 0.25) is 5.91 Å². The van der Waals surface area contributed by atoms with Crippen LogP contribution in [0.15, 0.2) is 18.2 Å². The van der Waals surface area contributed by atoms with Crippen LogP contribution in [0, 0.1) is 5.82 Å². The molecule has 1 amide bonds. The highest BCUT2D eigenvalue weighted by molar-refractivity contribution is 8.00. The Morgan fingerprint density at radius 3 is 3.20 bits per heavy atom. The average Bonchev–Trinajstić information content (AvgIpc) is 2.86. The monoisotopic (exact) mass is 297 g/mol. The number of thioether (sulfide) groups is 1.